The second-order valence-electron chi connectivity index (χ2n) is 7.45. The van der Waals surface area contributed by atoms with Gasteiger partial charge in [-0.25, -0.2) is 0 Å². The van der Waals surface area contributed by atoms with Crippen LogP contribution < -0.4 is 4.74 Å². The first-order valence-electron chi connectivity index (χ1n) is 9.87. The van der Waals surface area contributed by atoms with Crippen LogP contribution in [0, 0.1) is 5.92 Å². The lowest BCUT2D eigenvalue weighted by Gasteiger charge is -2.35. The fourth-order valence-corrected chi connectivity index (χ4v) is 3.99. The Bertz CT molecular complexity index is 623. The number of carbonyl (C=O) groups excluding carboxylic acids is 2. The molecule has 2 saturated heterocycles. The summed E-state index contributed by atoms with van der Waals surface area (Å²) in [5, 5.41) is 0. The smallest absolute Gasteiger partial charge is 0.227 e. The molecule has 142 valence electrons. The molecule has 0 unspecified atom stereocenters. The molecule has 3 rings (SSSR count). The minimum absolute atomic E-state index is 0.0577. The van der Waals surface area contributed by atoms with E-state index in [2.05, 4.69) is 0 Å². The van der Waals surface area contributed by atoms with Crippen molar-refractivity contribution < 1.29 is 14.3 Å². The van der Waals surface area contributed by atoms with Crippen LogP contribution in [0.15, 0.2) is 24.3 Å². The van der Waals surface area contributed by atoms with Gasteiger partial charge >= 0.3 is 0 Å². The van der Waals surface area contributed by atoms with Crippen LogP contribution in [0.3, 0.4) is 0 Å². The number of rotatable bonds is 4. The number of ether oxygens (including phenoxy) is 1. The maximum Gasteiger partial charge on any atom is 0.227 e. The van der Waals surface area contributed by atoms with Crippen LogP contribution in [0.4, 0.5) is 0 Å². The Morgan fingerprint density at radius 1 is 1.15 bits per heavy atom. The molecule has 26 heavy (non-hydrogen) atoms. The van der Waals surface area contributed by atoms with Crippen LogP contribution in [0.5, 0.6) is 5.75 Å². The molecule has 1 aromatic rings. The van der Waals surface area contributed by atoms with E-state index in [1.807, 2.05) is 34.1 Å². The summed E-state index contributed by atoms with van der Waals surface area (Å²) in [4.78, 5) is 29.2. The first-order valence-corrected chi connectivity index (χ1v) is 9.87. The first kappa shape index (κ1) is 18.7. The molecule has 2 amide bonds. The maximum absolute atomic E-state index is 13.0. The van der Waals surface area contributed by atoms with Crippen molar-refractivity contribution >= 4 is 11.8 Å². The number of hydrogen-bond acceptors (Lipinski definition) is 3. The largest absolute Gasteiger partial charge is 0.497 e. The predicted octanol–water partition coefficient (Wildman–Crippen LogP) is 3.23. The highest BCUT2D eigenvalue weighted by Gasteiger charge is 2.32. The van der Waals surface area contributed by atoms with E-state index in [-0.39, 0.29) is 17.7 Å². The lowest BCUT2D eigenvalue weighted by Crippen LogP contribution is -2.47. The molecule has 0 saturated carbocycles. The minimum Gasteiger partial charge on any atom is -0.497 e. The van der Waals surface area contributed by atoms with Gasteiger partial charge in [-0.3, -0.25) is 9.59 Å². The summed E-state index contributed by atoms with van der Waals surface area (Å²) in [5.41, 5.74) is 1.04. The van der Waals surface area contributed by atoms with Crippen molar-refractivity contribution in [2.45, 2.75) is 51.5 Å². The van der Waals surface area contributed by atoms with Gasteiger partial charge in [0.1, 0.15) is 5.75 Å². The average molecular weight is 358 g/mol. The highest BCUT2D eigenvalue weighted by molar-refractivity contribution is 5.84. The number of nitrogens with zero attached hydrogens (tertiary/aromatic N) is 2. The Morgan fingerprint density at radius 3 is 2.62 bits per heavy atom. The highest BCUT2D eigenvalue weighted by Crippen LogP contribution is 2.24. The summed E-state index contributed by atoms with van der Waals surface area (Å²) in [6.45, 7) is 2.82. The van der Waals surface area contributed by atoms with Crippen molar-refractivity contribution in [2.75, 3.05) is 26.7 Å². The summed E-state index contributed by atoms with van der Waals surface area (Å²) in [7, 11) is 1.64. The third-order valence-corrected chi connectivity index (χ3v) is 5.52. The van der Waals surface area contributed by atoms with E-state index >= 15 is 0 Å². The van der Waals surface area contributed by atoms with Gasteiger partial charge in [-0.15, -0.1) is 0 Å². The summed E-state index contributed by atoms with van der Waals surface area (Å²) < 4.78 is 5.27. The second kappa shape index (κ2) is 9.06. The Balaban J connectivity index is 1.63. The number of amides is 2. The van der Waals surface area contributed by atoms with Gasteiger partial charge in [-0.1, -0.05) is 31.4 Å². The molecule has 5 nitrogen and oxygen atoms in total. The van der Waals surface area contributed by atoms with E-state index in [1.54, 1.807) is 7.11 Å². The number of hydrogen-bond donors (Lipinski definition) is 0. The van der Waals surface area contributed by atoms with E-state index in [0.717, 1.165) is 37.2 Å². The molecule has 2 aliphatic heterocycles. The van der Waals surface area contributed by atoms with E-state index < -0.39 is 0 Å². The molecule has 0 aliphatic carbocycles. The van der Waals surface area contributed by atoms with Crippen LogP contribution in [0.25, 0.3) is 0 Å². The minimum atomic E-state index is -0.0577. The van der Waals surface area contributed by atoms with Crippen LogP contribution in [-0.4, -0.2) is 48.4 Å². The lowest BCUT2D eigenvalue weighted by molar-refractivity contribution is -0.143. The van der Waals surface area contributed by atoms with Crippen molar-refractivity contribution in [3.8, 4) is 5.75 Å². The number of likely N-dealkylation sites (tertiary alicyclic amines) is 2. The van der Waals surface area contributed by atoms with Crippen LogP contribution in [0.1, 0.15) is 50.5 Å². The summed E-state index contributed by atoms with van der Waals surface area (Å²) in [6, 6.07) is 7.79. The van der Waals surface area contributed by atoms with Gasteiger partial charge < -0.3 is 14.5 Å². The predicted molar refractivity (Wildman–Crippen MR) is 101 cm³/mol. The molecule has 0 aromatic heterocycles. The number of piperidine rings is 1. The zero-order valence-electron chi connectivity index (χ0n) is 15.8. The van der Waals surface area contributed by atoms with Gasteiger partial charge in [0.05, 0.1) is 13.0 Å². The van der Waals surface area contributed by atoms with Gasteiger partial charge in [0.25, 0.3) is 0 Å². The van der Waals surface area contributed by atoms with Crippen LogP contribution in [-0.2, 0) is 16.1 Å². The fourth-order valence-electron chi connectivity index (χ4n) is 3.99. The first-order chi connectivity index (χ1) is 12.7. The van der Waals surface area contributed by atoms with Gasteiger partial charge in [0.15, 0.2) is 0 Å². The molecule has 2 aliphatic rings. The standard InChI is InChI=1S/C21H30N2O3/c1-26-19-9-7-8-17(14-19)15-23-16-18(10-11-20(23)24)21(25)22-12-5-3-2-4-6-13-22/h7-9,14,18H,2-6,10-13,15-16H2,1H3/t18-/m1/s1. The number of carbonyl (C=O) groups is 2. The SMILES string of the molecule is COc1cccc(CN2C[C@H](C(=O)N3CCCCCCC3)CCC2=O)c1. The quantitative estimate of drug-likeness (QED) is 0.830. The number of methoxy groups -OCH3 is 1. The Labute approximate surface area is 156 Å². The summed E-state index contributed by atoms with van der Waals surface area (Å²) >= 11 is 0. The third-order valence-electron chi connectivity index (χ3n) is 5.52. The Hall–Kier alpha value is -2.04. The zero-order chi connectivity index (χ0) is 18.4. The van der Waals surface area contributed by atoms with E-state index in [9.17, 15) is 9.59 Å². The van der Waals surface area contributed by atoms with Gasteiger partial charge in [-0.05, 0) is 37.0 Å². The highest BCUT2D eigenvalue weighted by atomic mass is 16.5. The molecule has 0 spiro atoms. The van der Waals surface area contributed by atoms with Crippen molar-refractivity contribution in [3.63, 3.8) is 0 Å². The molecule has 0 N–H and O–H groups in total. The zero-order valence-corrected chi connectivity index (χ0v) is 15.8. The molecule has 2 fully saturated rings. The Morgan fingerprint density at radius 2 is 1.88 bits per heavy atom. The van der Waals surface area contributed by atoms with Gasteiger partial charge in [-0.2, -0.15) is 0 Å². The van der Waals surface area contributed by atoms with E-state index in [1.165, 1.54) is 19.3 Å². The second-order valence-corrected chi connectivity index (χ2v) is 7.45. The van der Waals surface area contributed by atoms with Crippen LogP contribution >= 0.6 is 0 Å². The van der Waals surface area contributed by atoms with Crippen molar-refractivity contribution in [1.82, 2.24) is 9.80 Å². The van der Waals surface area contributed by atoms with Crippen molar-refractivity contribution in [1.29, 1.82) is 0 Å². The molecule has 2 heterocycles. The maximum atomic E-state index is 13.0. The van der Waals surface area contributed by atoms with Gasteiger partial charge in [0, 0.05) is 32.6 Å². The lowest BCUT2D eigenvalue weighted by atomic mass is 9.94. The third kappa shape index (κ3) is 4.77. The summed E-state index contributed by atoms with van der Waals surface area (Å²) in [5.74, 6) is 1.12. The van der Waals surface area contributed by atoms with Crippen molar-refractivity contribution in [3.05, 3.63) is 29.8 Å². The topological polar surface area (TPSA) is 49.9 Å². The van der Waals surface area contributed by atoms with E-state index in [4.69, 9.17) is 4.74 Å². The number of benzene rings is 1. The van der Waals surface area contributed by atoms with Gasteiger partial charge in [0.2, 0.25) is 11.8 Å². The molecular formula is C21H30N2O3. The molecule has 1 atom stereocenters. The van der Waals surface area contributed by atoms with E-state index in [0.29, 0.717) is 25.9 Å². The van der Waals surface area contributed by atoms with Crippen LogP contribution in [0.2, 0.25) is 0 Å². The average Bonchev–Trinajstić information content (AvgIpc) is 2.63. The monoisotopic (exact) mass is 358 g/mol. The molecule has 5 heteroatoms. The van der Waals surface area contributed by atoms with Crippen molar-refractivity contribution in [2.24, 2.45) is 5.92 Å². The molecule has 0 radical (unpaired) electrons. The normalized spacial score (nSPS) is 21.9. The molecular weight excluding hydrogens is 328 g/mol. The summed E-state index contributed by atoms with van der Waals surface area (Å²) in [6.07, 6.45) is 7.07. The Kier molecular flexibility index (Phi) is 6.53. The molecule has 1 aromatic carbocycles. The fraction of sp³-hybridized carbons (Fsp3) is 0.619. The molecule has 0 bridgehead atoms.